The van der Waals surface area contributed by atoms with E-state index in [1.165, 1.54) is 22.3 Å². The Balaban J connectivity index is 0.000000211. The molecular weight excluding hydrogens is 548 g/mol. The van der Waals surface area contributed by atoms with E-state index in [1.807, 2.05) is 59.7 Å². The van der Waals surface area contributed by atoms with Crippen LogP contribution >= 0.6 is 15.9 Å². The van der Waals surface area contributed by atoms with Crippen LogP contribution in [0.5, 0.6) is 0 Å². The molecule has 0 spiro atoms. The number of nitrogens with zero attached hydrogens (tertiary/aromatic N) is 2. The summed E-state index contributed by atoms with van der Waals surface area (Å²) in [6, 6.07) is 12.3. The second-order valence-electron chi connectivity index (χ2n) is 11.8. The molecule has 0 aromatic heterocycles. The quantitative estimate of drug-likeness (QED) is 0.414. The Bertz CT molecular complexity index is 1050. The second kappa shape index (κ2) is 12.5. The number of halogens is 1. The maximum absolute atomic E-state index is 12.0. The van der Waals surface area contributed by atoms with Gasteiger partial charge in [0, 0.05) is 31.5 Å². The highest BCUT2D eigenvalue weighted by Gasteiger charge is 2.27. The van der Waals surface area contributed by atoms with Crippen LogP contribution in [-0.2, 0) is 47.3 Å². The maximum Gasteiger partial charge on any atom is 0.410 e. The Morgan fingerprint density at radius 2 is 1.18 bits per heavy atom. The molecule has 0 bridgehead atoms. The first-order valence-corrected chi connectivity index (χ1v) is 14.2. The molecule has 1 N–H and O–H groups in total. The third-order valence-electron chi connectivity index (χ3n) is 6.21. The van der Waals surface area contributed by atoms with Gasteiger partial charge in [0.05, 0.1) is 6.61 Å². The van der Waals surface area contributed by atoms with Crippen LogP contribution in [0.2, 0.25) is 0 Å². The molecule has 2 heterocycles. The number of carbonyl (C=O) groups excluding carboxylic acids is 2. The van der Waals surface area contributed by atoms with Gasteiger partial charge in [0.15, 0.2) is 0 Å². The van der Waals surface area contributed by atoms with Crippen molar-refractivity contribution in [3.05, 3.63) is 69.8 Å². The van der Waals surface area contributed by atoms with E-state index in [0.717, 1.165) is 35.8 Å². The number of carbonyl (C=O) groups is 2. The third-order valence-corrected chi connectivity index (χ3v) is 6.85. The Hall–Kier alpha value is -2.58. The van der Waals surface area contributed by atoms with Crippen LogP contribution < -0.4 is 0 Å². The van der Waals surface area contributed by atoms with Crippen LogP contribution in [0.3, 0.4) is 0 Å². The largest absolute Gasteiger partial charge is 0.444 e. The summed E-state index contributed by atoms with van der Waals surface area (Å²) in [6.45, 7) is 14.0. The van der Waals surface area contributed by atoms with Gasteiger partial charge < -0.3 is 24.4 Å². The summed E-state index contributed by atoms with van der Waals surface area (Å²) in [7, 11) is 0. The fraction of sp³-hybridized carbons (Fsp3) is 0.533. The standard InChI is InChI=1S/C15H20BrNO2.C15H21NO3/c1-15(2,3)19-14(18)17-7-6-12-8-11(9-16)4-5-13(12)10-17;1-15(2,3)19-14(18)16-7-6-12-8-11(10-17)4-5-13(12)9-16/h4-5,8H,6-7,9-10H2,1-3H3;4-5,8,17H,6-7,9-10H2,1-3H3. The maximum atomic E-state index is 12.0. The number of hydrogen-bond donors (Lipinski definition) is 1. The number of hydrogen-bond acceptors (Lipinski definition) is 5. The molecule has 4 rings (SSSR count). The van der Waals surface area contributed by atoms with Crippen molar-refractivity contribution in [1.29, 1.82) is 0 Å². The van der Waals surface area contributed by atoms with E-state index >= 15 is 0 Å². The highest BCUT2D eigenvalue weighted by molar-refractivity contribution is 9.08. The van der Waals surface area contributed by atoms with Crippen LogP contribution in [0.25, 0.3) is 0 Å². The molecule has 2 aliphatic heterocycles. The first-order chi connectivity index (χ1) is 17.8. The highest BCUT2D eigenvalue weighted by Crippen LogP contribution is 2.24. The summed E-state index contributed by atoms with van der Waals surface area (Å²) in [4.78, 5) is 27.6. The van der Waals surface area contributed by atoms with Crippen molar-refractivity contribution in [3.8, 4) is 0 Å². The van der Waals surface area contributed by atoms with Gasteiger partial charge in [0.2, 0.25) is 0 Å². The zero-order valence-corrected chi connectivity index (χ0v) is 25.1. The minimum Gasteiger partial charge on any atom is -0.444 e. The molecule has 0 unspecified atom stereocenters. The molecule has 0 atom stereocenters. The minimum atomic E-state index is -0.460. The van der Waals surface area contributed by atoms with Crippen LogP contribution in [0.1, 0.15) is 74.9 Å². The van der Waals surface area contributed by atoms with Crippen LogP contribution in [0.15, 0.2) is 36.4 Å². The molecular formula is C30H41BrN2O5. The molecule has 0 saturated carbocycles. The average molecular weight is 590 g/mol. The first-order valence-electron chi connectivity index (χ1n) is 13.1. The third kappa shape index (κ3) is 8.73. The number of ether oxygens (including phenoxy) is 2. The van der Waals surface area contributed by atoms with Crippen molar-refractivity contribution in [1.82, 2.24) is 9.80 Å². The monoisotopic (exact) mass is 588 g/mol. The van der Waals surface area contributed by atoms with Crippen LogP contribution in [0, 0.1) is 0 Å². The number of amides is 2. The average Bonchev–Trinajstić information content (AvgIpc) is 2.85. The SMILES string of the molecule is CC(C)(C)OC(=O)N1CCc2cc(CBr)ccc2C1.CC(C)(C)OC(=O)N1CCc2cc(CO)ccc2C1. The zero-order chi connectivity index (χ0) is 28.1. The topological polar surface area (TPSA) is 79.3 Å². The van der Waals surface area contributed by atoms with E-state index in [2.05, 4.69) is 34.1 Å². The molecule has 0 radical (unpaired) electrons. The van der Waals surface area contributed by atoms with Gasteiger partial charge in [0.1, 0.15) is 11.2 Å². The van der Waals surface area contributed by atoms with E-state index in [1.54, 1.807) is 9.80 Å². The Labute approximate surface area is 235 Å². The van der Waals surface area contributed by atoms with Crippen molar-refractivity contribution >= 4 is 28.1 Å². The van der Waals surface area contributed by atoms with Gasteiger partial charge >= 0.3 is 12.2 Å². The van der Waals surface area contributed by atoms with Gasteiger partial charge in [-0.1, -0.05) is 52.3 Å². The summed E-state index contributed by atoms with van der Waals surface area (Å²) >= 11 is 3.47. The molecule has 0 saturated heterocycles. The lowest BCUT2D eigenvalue weighted by atomic mass is 9.98. The van der Waals surface area contributed by atoms with Crippen LogP contribution in [0.4, 0.5) is 9.59 Å². The lowest BCUT2D eigenvalue weighted by molar-refractivity contribution is 0.0214. The second-order valence-corrected chi connectivity index (χ2v) is 12.4. The Morgan fingerprint density at radius 1 is 0.763 bits per heavy atom. The van der Waals surface area contributed by atoms with Crippen molar-refractivity contribution < 1.29 is 24.2 Å². The number of aliphatic hydroxyl groups is 1. The lowest BCUT2D eigenvalue weighted by Crippen LogP contribution is -2.39. The number of rotatable bonds is 2. The predicted octanol–water partition coefficient (Wildman–Crippen LogP) is 6.35. The molecule has 0 fully saturated rings. The van der Waals surface area contributed by atoms with Crippen molar-refractivity contribution in [2.24, 2.45) is 0 Å². The lowest BCUT2D eigenvalue weighted by Gasteiger charge is -2.31. The molecule has 2 aromatic carbocycles. The van der Waals surface area contributed by atoms with E-state index in [9.17, 15) is 9.59 Å². The summed E-state index contributed by atoms with van der Waals surface area (Å²) < 4.78 is 10.8. The first kappa shape index (κ1) is 30.0. The normalized spacial score (nSPS) is 15.1. The summed E-state index contributed by atoms with van der Waals surface area (Å²) in [5.41, 5.74) is 6.23. The zero-order valence-electron chi connectivity index (χ0n) is 23.5. The van der Waals surface area contributed by atoms with Crippen molar-refractivity contribution in [3.63, 3.8) is 0 Å². The van der Waals surface area contributed by atoms with Gasteiger partial charge in [-0.15, -0.1) is 0 Å². The van der Waals surface area contributed by atoms with Gasteiger partial charge in [-0.25, -0.2) is 9.59 Å². The molecule has 2 aliphatic rings. The molecule has 2 amide bonds. The molecule has 208 valence electrons. The summed E-state index contributed by atoms with van der Waals surface area (Å²) in [5, 5.41) is 9.99. The van der Waals surface area contributed by atoms with E-state index in [-0.39, 0.29) is 18.8 Å². The van der Waals surface area contributed by atoms with Gasteiger partial charge in [-0.05, 0) is 87.8 Å². The smallest absolute Gasteiger partial charge is 0.410 e. The van der Waals surface area contributed by atoms with E-state index < -0.39 is 11.2 Å². The molecule has 2 aromatic rings. The Morgan fingerprint density at radius 3 is 1.58 bits per heavy atom. The molecule has 38 heavy (non-hydrogen) atoms. The van der Waals surface area contributed by atoms with Gasteiger partial charge in [-0.2, -0.15) is 0 Å². The van der Waals surface area contributed by atoms with Gasteiger partial charge in [0.25, 0.3) is 0 Å². The number of alkyl halides is 1. The predicted molar refractivity (Wildman–Crippen MR) is 152 cm³/mol. The number of benzene rings is 2. The van der Waals surface area contributed by atoms with Crippen molar-refractivity contribution in [2.45, 2.75) is 90.6 Å². The summed E-state index contributed by atoms with van der Waals surface area (Å²) in [5.74, 6) is 0. The van der Waals surface area contributed by atoms with Crippen molar-refractivity contribution in [2.75, 3.05) is 13.1 Å². The Kier molecular flexibility index (Phi) is 9.87. The van der Waals surface area contributed by atoms with Crippen LogP contribution in [-0.4, -0.2) is 51.4 Å². The molecule has 7 nitrogen and oxygen atoms in total. The van der Waals surface area contributed by atoms with E-state index in [0.29, 0.717) is 19.6 Å². The number of aliphatic hydroxyl groups excluding tert-OH is 1. The number of fused-ring (bicyclic) bond motifs is 2. The highest BCUT2D eigenvalue weighted by atomic mass is 79.9. The van der Waals surface area contributed by atoms with E-state index in [4.69, 9.17) is 14.6 Å². The molecule has 8 heteroatoms. The fourth-order valence-corrected chi connectivity index (χ4v) is 4.71. The summed E-state index contributed by atoms with van der Waals surface area (Å²) in [6.07, 6.45) is 1.23. The van der Waals surface area contributed by atoms with Gasteiger partial charge in [-0.3, -0.25) is 0 Å². The molecule has 0 aliphatic carbocycles. The fourth-order valence-electron chi connectivity index (χ4n) is 4.36. The minimum absolute atomic E-state index is 0.0586.